The van der Waals surface area contributed by atoms with Crippen molar-refractivity contribution in [1.82, 2.24) is 4.90 Å². The second-order valence-corrected chi connectivity index (χ2v) is 4.42. The van der Waals surface area contributed by atoms with E-state index in [1.54, 1.807) is 0 Å². The Balaban J connectivity index is 1.80. The van der Waals surface area contributed by atoms with Crippen molar-refractivity contribution in [2.75, 3.05) is 13.1 Å². The summed E-state index contributed by atoms with van der Waals surface area (Å²) in [5.41, 5.74) is 5.62. The van der Waals surface area contributed by atoms with Crippen molar-refractivity contribution in [2.45, 2.75) is 31.7 Å². The Kier molecular flexibility index (Phi) is 2.33. The summed E-state index contributed by atoms with van der Waals surface area (Å²) in [7, 11) is 0. The minimum absolute atomic E-state index is 0.523. The molecule has 1 heterocycles. The first-order valence-electron chi connectivity index (χ1n) is 4.81. The maximum atomic E-state index is 5.62. The molecule has 2 N–H and O–H groups in total. The second kappa shape index (κ2) is 3.30. The fourth-order valence-electron chi connectivity index (χ4n) is 1.99. The van der Waals surface area contributed by atoms with E-state index in [9.17, 15) is 0 Å². The maximum Gasteiger partial charge on any atom is 0.0759 e. The molecule has 0 aromatic heterocycles. The Labute approximate surface area is 79.1 Å². The first-order chi connectivity index (χ1) is 5.77. The van der Waals surface area contributed by atoms with Crippen molar-refractivity contribution in [3.63, 3.8) is 0 Å². The van der Waals surface area contributed by atoms with E-state index in [2.05, 4.69) is 4.90 Å². The summed E-state index contributed by atoms with van der Waals surface area (Å²) in [6, 6.07) is 0.914. The summed E-state index contributed by atoms with van der Waals surface area (Å²) >= 11 is 4.99. The molecule has 1 aliphatic heterocycles. The van der Waals surface area contributed by atoms with Crippen LogP contribution in [0.15, 0.2) is 0 Å². The number of nitrogens with zero attached hydrogens (tertiary/aromatic N) is 1. The minimum atomic E-state index is 0.523. The molecule has 2 aliphatic rings. The van der Waals surface area contributed by atoms with Crippen LogP contribution in [0.2, 0.25) is 0 Å². The van der Waals surface area contributed by atoms with Crippen LogP contribution in [0.5, 0.6) is 0 Å². The van der Waals surface area contributed by atoms with Gasteiger partial charge in [0.1, 0.15) is 0 Å². The normalized spacial score (nSPS) is 27.3. The molecule has 2 nitrogen and oxygen atoms in total. The number of rotatable bonds is 2. The topological polar surface area (TPSA) is 29.3 Å². The summed E-state index contributed by atoms with van der Waals surface area (Å²) in [6.45, 7) is 2.43. The largest absolute Gasteiger partial charge is 0.393 e. The van der Waals surface area contributed by atoms with Crippen molar-refractivity contribution in [1.29, 1.82) is 0 Å². The van der Waals surface area contributed by atoms with Crippen molar-refractivity contribution in [3.8, 4) is 0 Å². The van der Waals surface area contributed by atoms with Gasteiger partial charge in [-0.1, -0.05) is 12.2 Å². The lowest BCUT2D eigenvalue weighted by Crippen LogP contribution is -2.38. The molecule has 0 atom stereocenters. The Bertz CT molecular complexity index is 181. The van der Waals surface area contributed by atoms with Gasteiger partial charge in [-0.2, -0.15) is 0 Å². The SMILES string of the molecule is NC(=S)C1CCN(C2CC2)CC1. The smallest absolute Gasteiger partial charge is 0.0759 e. The molecular weight excluding hydrogens is 168 g/mol. The first kappa shape index (κ1) is 8.45. The van der Waals surface area contributed by atoms with Crippen LogP contribution in [0.3, 0.4) is 0 Å². The highest BCUT2D eigenvalue weighted by Gasteiger charge is 2.32. The summed E-state index contributed by atoms with van der Waals surface area (Å²) < 4.78 is 0. The first-order valence-corrected chi connectivity index (χ1v) is 5.21. The van der Waals surface area contributed by atoms with E-state index in [-0.39, 0.29) is 0 Å². The number of hydrogen-bond acceptors (Lipinski definition) is 2. The molecule has 0 spiro atoms. The van der Waals surface area contributed by atoms with E-state index in [0.29, 0.717) is 5.92 Å². The van der Waals surface area contributed by atoms with E-state index < -0.39 is 0 Å². The molecule has 0 amide bonds. The molecule has 2 rings (SSSR count). The second-order valence-electron chi connectivity index (χ2n) is 3.94. The van der Waals surface area contributed by atoms with E-state index in [1.807, 2.05) is 0 Å². The molecule has 3 heteroatoms. The number of likely N-dealkylation sites (tertiary alicyclic amines) is 1. The molecular formula is C9H16N2S. The van der Waals surface area contributed by atoms with Crippen molar-refractivity contribution < 1.29 is 0 Å². The third-order valence-electron chi connectivity index (χ3n) is 3.00. The van der Waals surface area contributed by atoms with Crippen molar-refractivity contribution in [3.05, 3.63) is 0 Å². The molecule has 1 saturated heterocycles. The van der Waals surface area contributed by atoms with Gasteiger partial charge in [-0.15, -0.1) is 0 Å². The van der Waals surface area contributed by atoms with Crippen molar-refractivity contribution >= 4 is 17.2 Å². The van der Waals surface area contributed by atoms with Crippen LogP contribution in [-0.4, -0.2) is 29.0 Å². The molecule has 0 aromatic rings. The lowest BCUT2D eigenvalue weighted by molar-refractivity contribution is 0.201. The summed E-state index contributed by atoms with van der Waals surface area (Å²) in [4.78, 5) is 3.32. The molecule has 2 fully saturated rings. The molecule has 0 bridgehead atoms. The Morgan fingerprint density at radius 3 is 2.17 bits per heavy atom. The van der Waals surface area contributed by atoms with Crippen LogP contribution < -0.4 is 5.73 Å². The van der Waals surface area contributed by atoms with Gasteiger partial charge in [0.25, 0.3) is 0 Å². The van der Waals surface area contributed by atoms with E-state index in [1.165, 1.54) is 38.8 Å². The average molecular weight is 184 g/mol. The lowest BCUT2D eigenvalue weighted by atomic mass is 9.97. The highest BCUT2D eigenvalue weighted by atomic mass is 32.1. The third-order valence-corrected chi connectivity index (χ3v) is 3.33. The van der Waals surface area contributed by atoms with Crippen LogP contribution in [0.4, 0.5) is 0 Å². The van der Waals surface area contributed by atoms with Gasteiger partial charge >= 0.3 is 0 Å². The molecule has 0 radical (unpaired) electrons. The monoisotopic (exact) mass is 184 g/mol. The predicted molar refractivity (Wildman–Crippen MR) is 54.1 cm³/mol. The van der Waals surface area contributed by atoms with Gasteiger partial charge < -0.3 is 10.6 Å². The van der Waals surface area contributed by atoms with Gasteiger partial charge in [0.15, 0.2) is 0 Å². The maximum absolute atomic E-state index is 5.62. The number of nitrogens with two attached hydrogens (primary N) is 1. The fourth-order valence-corrected chi connectivity index (χ4v) is 2.22. The Morgan fingerprint density at radius 2 is 1.75 bits per heavy atom. The quantitative estimate of drug-likeness (QED) is 0.653. The Hall–Kier alpha value is -0.150. The fraction of sp³-hybridized carbons (Fsp3) is 0.889. The molecule has 1 saturated carbocycles. The summed E-state index contributed by atoms with van der Waals surface area (Å²) in [5.74, 6) is 0.523. The van der Waals surface area contributed by atoms with Gasteiger partial charge in [-0.05, 0) is 38.8 Å². The number of hydrogen-bond donors (Lipinski definition) is 1. The van der Waals surface area contributed by atoms with Gasteiger partial charge in [0, 0.05) is 12.0 Å². The van der Waals surface area contributed by atoms with Crippen LogP contribution in [0.1, 0.15) is 25.7 Å². The molecule has 12 heavy (non-hydrogen) atoms. The Morgan fingerprint density at radius 1 is 1.17 bits per heavy atom. The molecule has 0 aromatic carbocycles. The van der Waals surface area contributed by atoms with Gasteiger partial charge in [-0.25, -0.2) is 0 Å². The zero-order chi connectivity index (χ0) is 8.55. The van der Waals surface area contributed by atoms with Gasteiger partial charge in [0.05, 0.1) is 4.99 Å². The highest BCUT2D eigenvalue weighted by molar-refractivity contribution is 7.80. The van der Waals surface area contributed by atoms with Gasteiger partial charge in [-0.3, -0.25) is 0 Å². The third kappa shape index (κ3) is 1.77. The number of thiocarbonyl (C=S) groups is 1. The van der Waals surface area contributed by atoms with Crippen LogP contribution in [0, 0.1) is 5.92 Å². The van der Waals surface area contributed by atoms with E-state index in [4.69, 9.17) is 18.0 Å². The predicted octanol–water partition coefficient (Wildman–Crippen LogP) is 1.15. The van der Waals surface area contributed by atoms with Gasteiger partial charge in [0.2, 0.25) is 0 Å². The molecule has 1 aliphatic carbocycles. The lowest BCUT2D eigenvalue weighted by Gasteiger charge is -2.31. The van der Waals surface area contributed by atoms with Crippen LogP contribution in [-0.2, 0) is 0 Å². The standard InChI is InChI=1S/C9H16N2S/c10-9(12)7-3-5-11(6-4-7)8-1-2-8/h7-8H,1-6H2,(H2,10,12). The van der Waals surface area contributed by atoms with E-state index >= 15 is 0 Å². The van der Waals surface area contributed by atoms with Crippen LogP contribution >= 0.6 is 12.2 Å². The van der Waals surface area contributed by atoms with Crippen molar-refractivity contribution in [2.24, 2.45) is 11.7 Å². The minimum Gasteiger partial charge on any atom is -0.393 e. The molecule has 68 valence electrons. The van der Waals surface area contributed by atoms with E-state index in [0.717, 1.165) is 11.0 Å². The summed E-state index contributed by atoms with van der Waals surface area (Å²) in [6.07, 6.45) is 5.20. The zero-order valence-corrected chi connectivity index (χ0v) is 8.15. The number of piperidine rings is 1. The average Bonchev–Trinajstić information content (AvgIpc) is 2.87. The molecule has 0 unspecified atom stereocenters. The zero-order valence-electron chi connectivity index (χ0n) is 7.33. The summed E-state index contributed by atoms with van der Waals surface area (Å²) in [5, 5.41) is 0. The van der Waals surface area contributed by atoms with Crippen LogP contribution in [0.25, 0.3) is 0 Å². The highest BCUT2D eigenvalue weighted by Crippen LogP contribution is 2.30.